The monoisotopic (exact) mass is 450 g/mol. The summed E-state index contributed by atoms with van der Waals surface area (Å²) in [6.07, 6.45) is 4.09. The van der Waals surface area contributed by atoms with Gasteiger partial charge in [0.05, 0.1) is 10.9 Å². The highest BCUT2D eigenvalue weighted by atomic mass is 32.2. The Morgan fingerprint density at radius 3 is 2.62 bits per heavy atom. The van der Waals surface area contributed by atoms with E-state index >= 15 is 0 Å². The largest absolute Gasteiger partial charge is 0.338 e. The Bertz CT molecular complexity index is 1260. The summed E-state index contributed by atoms with van der Waals surface area (Å²) in [6, 6.07) is 9.51. The lowest BCUT2D eigenvalue weighted by Gasteiger charge is -2.18. The van der Waals surface area contributed by atoms with E-state index in [1.54, 1.807) is 11.8 Å². The van der Waals surface area contributed by atoms with E-state index in [1.165, 1.54) is 4.68 Å². The number of thioether (sulfide) groups is 1. The molecule has 1 aromatic heterocycles. The third-order valence-electron chi connectivity index (χ3n) is 5.77. The molecule has 0 saturated carbocycles. The summed E-state index contributed by atoms with van der Waals surface area (Å²) >= 11 is 1.58. The van der Waals surface area contributed by atoms with Crippen LogP contribution in [0.2, 0.25) is 0 Å². The van der Waals surface area contributed by atoms with Crippen LogP contribution in [-0.4, -0.2) is 29.5 Å². The highest BCUT2D eigenvalue weighted by Crippen LogP contribution is 2.37. The molecule has 1 atom stereocenters. The van der Waals surface area contributed by atoms with Crippen LogP contribution in [0.25, 0.3) is 17.1 Å². The molecule has 0 aliphatic carbocycles. The molecule has 166 valence electrons. The quantitative estimate of drug-likeness (QED) is 0.324. The van der Waals surface area contributed by atoms with Gasteiger partial charge in [-0.3, -0.25) is 4.79 Å². The zero-order valence-corrected chi connectivity index (χ0v) is 19.3. The van der Waals surface area contributed by atoms with Gasteiger partial charge in [-0.1, -0.05) is 55.4 Å². The zero-order chi connectivity index (χ0) is 22.2. The Morgan fingerprint density at radius 2 is 1.88 bits per heavy atom. The summed E-state index contributed by atoms with van der Waals surface area (Å²) in [5.41, 5.74) is 2.31. The van der Waals surface area contributed by atoms with Crippen molar-refractivity contribution < 1.29 is 4.52 Å². The minimum Gasteiger partial charge on any atom is -0.338 e. The lowest BCUT2D eigenvalue weighted by Crippen LogP contribution is -2.19. The molecule has 5 rings (SSSR count). The third kappa shape index (κ3) is 3.74. The van der Waals surface area contributed by atoms with Crippen molar-refractivity contribution in [2.24, 2.45) is 0 Å². The van der Waals surface area contributed by atoms with Gasteiger partial charge in [0.2, 0.25) is 5.89 Å². The summed E-state index contributed by atoms with van der Waals surface area (Å²) < 4.78 is 9.18. The number of hydrogen-bond donors (Lipinski definition) is 0. The fourth-order valence-electron chi connectivity index (χ4n) is 4.04. The molecule has 8 nitrogen and oxygen atoms in total. The van der Waals surface area contributed by atoms with Gasteiger partial charge in [-0.2, -0.15) is 9.67 Å². The van der Waals surface area contributed by atoms with Gasteiger partial charge in [-0.15, -0.1) is 5.10 Å². The van der Waals surface area contributed by atoms with E-state index in [9.17, 15) is 4.79 Å². The van der Waals surface area contributed by atoms with Crippen LogP contribution in [0.5, 0.6) is 0 Å². The van der Waals surface area contributed by atoms with Crippen LogP contribution in [-0.2, 0) is 13.0 Å². The maximum atomic E-state index is 13.3. The minimum absolute atomic E-state index is 0.0669. The number of para-hydroxylation sites is 1. The molecular formula is C23H26N6O2S. The minimum atomic E-state index is -0.104. The van der Waals surface area contributed by atoms with E-state index in [0.29, 0.717) is 23.1 Å². The van der Waals surface area contributed by atoms with E-state index in [1.807, 2.05) is 51.1 Å². The van der Waals surface area contributed by atoms with Gasteiger partial charge in [0, 0.05) is 18.2 Å². The van der Waals surface area contributed by atoms with Gasteiger partial charge >= 0.3 is 0 Å². The molecule has 32 heavy (non-hydrogen) atoms. The van der Waals surface area contributed by atoms with Gasteiger partial charge in [-0.05, 0) is 38.3 Å². The molecule has 0 saturated heterocycles. The Hall–Kier alpha value is -2.94. The molecule has 0 bridgehead atoms. The maximum Gasteiger partial charge on any atom is 0.284 e. The van der Waals surface area contributed by atoms with Crippen LogP contribution in [0, 0.1) is 0 Å². The zero-order valence-electron chi connectivity index (χ0n) is 18.5. The first-order valence-corrected chi connectivity index (χ1v) is 12.0. The summed E-state index contributed by atoms with van der Waals surface area (Å²) in [6.45, 7) is 6.96. The van der Waals surface area contributed by atoms with Crippen molar-refractivity contribution in [1.82, 2.24) is 29.5 Å². The molecule has 0 radical (unpaired) electrons. The molecule has 9 heteroatoms. The molecule has 1 aromatic carbocycles. The Labute approximate surface area is 190 Å². The van der Waals surface area contributed by atoms with E-state index in [4.69, 9.17) is 9.51 Å². The lowest BCUT2D eigenvalue weighted by atomic mass is 10.1. The van der Waals surface area contributed by atoms with Crippen molar-refractivity contribution in [2.45, 2.75) is 69.3 Å². The van der Waals surface area contributed by atoms with Crippen LogP contribution in [0.1, 0.15) is 68.6 Å². The molecule has 4 heterocycles. The van der Waals surface area contributed by atoms with Crippen LogP contribution in [0.15, 0.2) is 44.8 Å². The molecule has 2 aromatic rings. The standard InChI is InChI=1S/C23H26N6O2S/c1-14(2)19-24-21(31-27-19)15(3)32-23-25-20-18(17-12-8-5-9-13-28(17)23)22(30)29(26-20)16-10-6-4-7-11-16/h4,6-7,10-11,14-15H,5,8-9,12-13H2,1-3H3. The molecule has 0 N–H and O–H groups in total. The molecule has 1 unspecified atom stereocenters. The second kappa shape index (κ2) is 8.54. The van der Waals surface area contributed by atoms with Gasteiger partial charge in [0.15, 0.2) is 16.8 Å². The Morgan fingerprint density at radius 1 is 1.06 bits per heavy atom. The number of rotatable bonds is 5. The van der Waals surface area contributed by atoms with Crippen molar-refractivity contribution in [1.29, 1.82) is 0 Å². The molecule has 0 amide bonds. The predicted molar refractivity (Wildman–Crippen MR) is 122 cm³/mol. The fourth-order valence-corrected chi connectivity index (χ4v) is 5.02. The molecule has 3 aliphatic heterocycles. The smallest absolute Gasteiger partial charge is 0.284 e. The summed E-state index contributed by atoms with van der Waals surface area (Å²) in [5, 5.41) is 9.47. The number of nitrogens with zero attached hydrogens (tertiary/aromatic N) is 6. The van der Waals surface area contributed by atoms with Crippen molar-refractivity contribution in [3.8, 4) is 17.1 Å². The third-order valence-corrected chi connectivity index (χ3v) is 6.85. The van der Waals surface area contributed by atoms with Gasteiger partial charge in [-0.25, -0.2) is 4.98 Å². The molecule has 0 fully saturated rings. The van der Waals surface area contributed by atoms with Crippen molar-refractivity contribution in [2.75, 3.05) is 0 Å². The SMILES string of the molecule is CC(C)c1noc(C(C)Sc2nc3nn(-c4ccccc4)c(=O)c-3c3n2CCCCC3)n1. The molecule has 0 spiro atoms. The average molecular weight is 451 g/mol. The van der Waals surface area contributed by atoms with Crippen LogP contribution >= 0.6 is 11.8 Å². The number of fused-ring (bicyclic) bond motifs is 3. The predicted octanol–water partition coefficient (Wildman–Crippen LogP) is 4.62. The normalized spacial score (nSPS) is 15.1. The van der Waals surface area contributed by atoms with Crippen molar-refractivity contribution >= 4 is 11.8 Å². The summed E-state index contributed by atoms with van der Waals surface area (Å²) in [5.74, 6) is 2.00. The molecular weight excluding hydrogens is 424 g/mol. The van der Waals surface area contributed by atoms with E-state index in [2.05, 4.69) is 19.8 Å². The van der Waals surface area contributed by atoms with Crippen LogP contribution < -0.4 is 5.56 Å². The number of benzene rings is 1. The summed E-state index contributed by atoms with van der Waals surface area (Å²) in [7, 11) is 0. The van der Waals surface area contributed by atoms with Crippen molar-refractivity contribution in [3.63, 3.8) is 0 Å². The van der Waals surface area contributed by atoms with Crippen molar-refractivity contribution in [3.05, 3.63) is 58.1 Å². The van der Waals surface area contributed by atoms with E-state index in [0.717, 1.165) is 48.8 Å². The first-order valence-electron chi connectivity index (χ1n) is 11.1. The maximum absolute atomic E-state index is 13.3. The Kier molecular flexibility index (Phi) is 5.58. The van der Waals surface area contributed by atoms with Gasteiger partial charge in [0.1, 0.15) is 5.56 Å². The van der Waals surface area contributed by atoms with E-state index in [-0.39, 0.29) is 16.7 Å². The number of hydrogen-bond acceptors (Lipinski definition) is 7. The van der Waals surface area contributed by atoms with E-state index < -0.39 is 0 Å². The first kappa shape index (κ1) is 20.9. The Balaban J connectivity index is 1.60. The highest BCUT2D eigenvalue weighted by Gasteiger charge is 2.28. The topological polar surface area (TPSA) is 91.6 Å². The number of aromatic nitrogens is 6. The van der Waals surface area contributed by atoms with Gasteiger partial charge in [0.25, 0.3) is 5.56 Å². The second-order valence-electron chi connectivity index (χ2n) is 8.46. The average Bonchev–Trinajstić information content (AvgIpc) is 3.33. The lowest BCUT2D eigenvalue weighted by molar-refractivity contribution is 0.372. The van der Waals surface area contributed by atoms with Gasteiger partial charge < -0.3 is 9.09 Å². The fraction of sp³-hybridized carbons (Fsp3) is 0.435. The first-order chi connectivity index (χ1) is 15.5. The second-order valence-corrected chi connectivity index (χ2v) is 9.77. The van der Waals surface area contributed by atoms with Crippen LogP contribution in [0.4, 0.5) is 0 Å². The molecule has 3 aliphatic rings. The summed E-state index contributed by atoms with van der Waals surface area (Å²) in [4.78, 5) is 22.7. The van der Waals surface area contributed by atoms with Crippen LogP contribution in [0.3, 0.4) is 0 Å². The highest BCUT2D eigenvalue weighted by molar-refractivity contribution is 7.99.